The van der Waals surface area contributed by atoms with Crippen LogP contribution in [0.15, 0.2) is 12.1 Å². The first kappa shape index (κ1) is 15.7. The molecule has 0 unspecified atom stereocenters. The zero-order chi connectivity index (χ0) is 14.1. The van der Waals surface area contributed by atoms with Crippen LogP contribution >= 0.6 is 0 Å². The molecule has 0 N–H and O–H groups in total. The summed E-state index contributed by atoms with van der Waals surface area (Å²) in [5, 5.41) is 0. The lowest BCUT2D eigenvalue weighted by molar-refractivity contribution is 0.323. The van der Waals surface area contributed by atoms with E-state index in [0.29, 0.717) is 5.75 Å². The Labute approximate surface area is 116 Å². The van der Waals surface area contributed by atoms with E-state index in [1.54, 1.807) is 21.3 Å². The Hall–Kier alpha value is -1.38. The molecule has 19 heavy (non-hydrogen) atoms. The van der Waals surface area contributed by atoms with Gasteiger partial charge in [-0.2, -0.15) is 0 Å². The topological polar surface area (TPSA) is 27.7 Å². The maximum absolute atomic E-state index is 5.36. The highest BCUT2D eigenvalue weighted by molar-refractivity contribution is 5.53. The molecule has 0 radical (unpaired) electrons. The van der Waals surface area contributed by atoms with Gasteiger partial charge in [0.15, 0.2) is 11.5 Å². The second-order valence-corrected chi connectivity index (χ2v) is 4.70. The summed E-state index contributed by atoms with van der Waals surface area (Å²) in [6.45, 7) is 2.24. The fraction of sp³-hybridized carbons (Fsp3) is 0.625. The minimum absolute atomic E-state index is 0.666. The van der Waals surface area contributed by atoms with Gasteiger partial charge < -0.3 is 14.2 Å². The van der Waals surface area contributed by atoms with Crippen molar-refractivity contribution in [3.63, 3.8) is 0 Å². The summed E-state index contributed by atoms with van der Waals surface area (Å²) in [4.78, 5) is 0. The molecular weight excluding hydrogens is 240 g/mol. The molecule has 3 nitrogen and oxygen atoms in total. The molecule has 0 saturated carbocycles. The van der Waals surface area contributed by atoms with Gasteiger partial charge in [-0.15, -0.1) is 0 Å². The molecule has 108 valence electrons. The highest BCUT2D eigenvalue weighted by Crippen LogP contribution is 2.38. The standard InChI is InChI=1S/C16H26O3/c1-5-6-7-8-9-10-13-11-14(17-2)16(19-4)15(12-13)18-3/h11-12H,5-10H2,1-4H3. The molecule has 0 amide bonds. The van der Waals surface area contributed by atoms with Crippen molar-refractivity contribution in [1.29, 1.82) is 0 Å². The van der Waals surface area contributed by atoms with E-state index in [9.17, 15) is 0 Å². The fourth-order valence-electron chi connectivity index (χ4n) is 2.21. The van der Waals surface area contributed by atoms with Crippen LogP contribution < -0.4 is 14.2 Å². The number of hydrogen-bond acceptors (Lipinski definition) is 3. The number of unbranched alkanes of at least 4 members (excludes halogenated alkanes) is 4. The molecule has 1 rings (SSSR count). The van der Waals surface area contributed by atoms with Gasteiger partial charge in [0.2, 0.25) is 5.75 Å². The Balaban J connectivity index is 2.68. The number of ether oxygens (including phenoxy) is 3. The van der Waals surface area contributed by atoms with Crippen LogP contribution in [-0.2, 0) is 6.42 Å². The zero-order valence-corrected chi connectivity index (χ0v) is 12.6. The van der Waals surface area contributed by atoms with Crippen LogP contribution in [-0.4, -0.2) is 21.3 Å². The summed E-state index contributed by atoms with van der Waals surface area (Å²) >= 11 is 0. The highest BCUT2D eigenvalue weighted by Gasteiger charge is 2.12. The second kappa shape index (κ2) is 8.68. The lowest BCUT2D eigenvalue weighted by Crippen LogP contribution is -1.97. The number of benzene rings is 1. The highest BCUT2D eigenvalue weighted by atomic mass is 16.5. The van der Waals surface area contributed by atoms with Gasteiger partial charge in [0.25, 0.3) is 0 Å². The van der Waals surface area contributed by atoms with Crippen LogP contribution in [0.4, 0.5) is 0 Å². The first-order valence-electron chi connectivity index (χ1n) is 7.05. The molecule has 0 bridgehead atoms. The van der Waals surface area contributed by atoms with E-state index in [1.165, 1.54) is 37.7 Å². The summed E-state index contributed by atoms with van der Waals surface area (Å²) < 4.78 is 16.0. The smallest absolute Gasteiger partial charge is 0.203 e. The van der Waals surface area contributed by atoms with Gasteiger partial charge in [0, 0.05) is 0 Å². The summed E-state index contributed by atoms with van der Waals surface area (Å²) in [7, 11) is 4.94. The molecule has 3 heteroatoms. The van der Waals surface area contributed by atoms with Gasteiger partial charge in [-0.05, 0) is 30.5 Å². The quantitative estimate of drug-likeness (QED) is 0.626. The van der Waals surface area contributed by atoms with E-state index in [2.05, 4.69) is 6.92 Å². The predicted molar refractivity (Wildman–Crippen MR) is 78.6 cm³/mol. The first-order valence-corrected chi connectivity index (χ1v) is 7.05. The normalized spacial score (nSPS) is 10.3. The fourth-order valence-corrected chi connectivity index (χ4v) is 2.21. The van der Waals surface area contributed by atoms with E-state index in [1.807, 2.05) is 12.1 Å². The Morgan fingerprint density at radius 2 is 1.37 bits per heavy atom. The Morgan fingerprint density at radius 1 is 0.789 bits per heavy atom. The Morgan fingerprint density at radius 3 is 1.84 bits per heavy atom. The molecule has 0 fully saturated rings. The summed E-state index contributed by atoms with van der Waals surface area (Å²) in [6.07, 6.45) is 7.48. The van der Waals surface area contributed by atoms with Crippen molar-refractivity contribution in [2.24, 2.45) is 0 Å². The minimum Gasteiger partial charge on any atom is -0.493 e. The van der Waals surface area contributed by atoms with Crippen LogP contribution in [0.25, 0.3) is 0 Å². The van der Waals surface area contributed by atoms with E-state index >= 15 is 0 Å². The predicted octanol–water partition coefficient (Wildman–Crippen LogP) is 4.23. The van der Waals surface area contributed by atoms with Crippen molar-refractivity contribution in [1.82, 2.24) is 0 Å². The lowest BCUT2D eigenvalue weighted by Gasteiger charge is -2.14. The van der Waals surface area contributed by atoms with Crippen LogP contribution in [0.2, 0.25) is 0 Å². The number of rotatable bonds is 9. The molecule has 1 aromatic carbocycles. The average Bonchev–Trinajstić information content (AvgIpc) is 2.45. The Kier molecular flexibility index (Phi) is 7.16. The zero-order valence-electron chi connectivity index (χ0n) is 12.6. The summed E-state index contributed by atoms with van der Waals surface area (Å²) in [5.41, 5.74) is 1.24. The van der Waals surface area contributed by atoms with Crippen molar-refractivity contribution < 1.29 is 14.2 Å². The van der Waals surface area contributed by atoms with Gasteiger partial charge in [0.1, 0.15) is 0 Å². The molecule has 0 spiro atoms. The van der Waals surface area contributed by atoms with Crippen LogP contribution in [0.5, 0.6) is 17.2 Å². The molecule has 0 atom stereocenters. The van der Waals surface area contributed by atoms with Crippen LogP contribution in [0.3, 0.4) is 0 Å². The second-order valence-electron chi connectivity index (χ2n) is 4.70. The molecular formula is C16H26O3. The SMILES string of the molecule is CCCCCCCc1cc(OC)c(OC)c(OC)c1. The molecule has 0 aliphatic heterocycles. The minimum atomic E-state index is 0.666. The van der Waals surface area contributed by atoms with Gasteiger partial charge >= 0.3 is 0 Å². The molecule has 0 aliphatic rings. The molecule has 0 aromatic heterocycles. The number of methoxy groups -OCH3 is 3. The van der Waals surface area contributed by atoms with Crippen LogP contribution in [0.1, 0.15) is 44.6 Å². The van der Waals surface area contributed by atoms with E-state index in [4.69, 9.17) is 14.2 Å². The van der Waals surface area contributed by atoms with Gasteiger partial charge in [0.05, 0.1) is 21.3 Å². The summed E-state index contributed by atoms with van der Waals surface area (Å²) in [6, 6.07) is 4.09. The van der Waals surface area contributed by atoms with E-state index in [-0.39, 0.29) is 0 Å². The van der Waals surface area contributed by atoms with Crippen LogP contribution in [0, 0.1) is 0 Å². The molecule has 0 saturated heterocycles. The number of hydrogen-bond donors (Lipinski definition) is 0. The van der Waals surface area contributed by atoms with Gasteiger partial charge in [-0.1, -0.05) is 32.6 Å². The third kappa shape index (κ3) is 4.66. The van der Waals surface area contributed by atoms with Crippen molar-refractivity contribution in [2.75, 3.05) is 21.3 Å². The summed E-state index contributed by atoms with van der Waals surface area (Å²) in [5.74, 6) is 2.15. The lowest BCUT2D eigenvalue weighted by atomic mass is 10.0. The molecule has 1 aromatic rings. The first-order chi connectivity index (χ1) is 9.26. The van der Waals surface area contributed by atoms with Gasteiger partial charge in [-0.25, -0.2) is 0 Å². The largest absolute Gasteiger partial charge is 0.493 e. The van der Waals surface area contributed by atoms with Crippen molar-refractivity contribution in [3.8, 4) is 17.2 Å². The van der Waals surface area contributed by atoms with Crippen molar-refractivity contribution in [3.05, 3.63) is 17.7 Å². The molecule has 0 aliphatic carbocycles. The maximum Gasteiger partial charge on any atom is 0.203 e. The van der Waals surface area contributed by atoms with E-state index in [0.717, 1.165) is 17.9 Å². The monoisotopic (exact) mass is 266 g/mol. The van der Waals surface area contributed by atoms with E-state index < -0.39 is 0 Å². The molecule has 0 heterocycles. The van der Waals surface area contributed by atoms with Crippen molar-refractivity contribution >= 4 is 0 Å². The van der Waals surface area contributed by atoms with Crippen molar-refractivity contribution in [2.45, 2.75) is 45.4 Å². The van der Waals surface area contributed by atoms with Gasteiger partial charge in [-0.3, -0.25) is 0 Å². The maximum atomic E-state index is 5.36. The Bertz CT molecular complexity index is 349. The average molecular weight is 266 g/mol. The third-order valence-corrected chi connectivity index (χ3v) is 3.29. The third-order valence-electron chi connectivity index (χ3n) is 3.29. The number of aryl methyl sites for hydroxylation is 1.